The van der Waals surface area contributed by atoms with Crippen molar-refractivity contribution < 1.29 is 17.5 Å². The summed E-state index contributed by atoms with van der Waals surface area (Å²) < 4.78 is 48.8. The molecule has 1 aromatic carbocycles. The standard InChI is InChI=1S/C16H22ClFN2O3S/c1-11-8-19(9-12(2)23-11)24(21,22)20(13-6-7-13)10-14-15(17)4-3-5-16(14)18/h3-5,11-13H,6-10H2,1-2H3/t11-,12+. The van der Waals surface area contributed by atoms with Gasteiger partial charge in [-0.25, -0.2) is 4.39 Å². The molecule has 8 heteroatoms. The number of halogens is 2. The van der Waals surface area contributed by atoms with Crippen LogP contribution < -0.4 is 0 Å². The first-order valence-electron chi connectivity index (χ1n) is 8.14. The van der Waals surface area contributed by atoms with E-state index in [9.17, 15) is 12.8 Å². The molecule has 1 heterocycles. The maximum absolute atomic E-state index is 14.1. The summed E-state index contributed by atoms with van der Waals surface area (Å²) in [6.45, 7) is 4.28. The van der Waals surface area contributed by atoms with Crippen LogP contribution in [0.2, 0.25) is 5.02 Å². The number of rotatable bonds is 5. The molecule has 0 unspecified atom stereocenters. The van der Waals surface area contributed by atoms with Crippen LogP contribution in [0.5, 0.6) is 0 Å². The molecular weight excluding hydrogens is 355 g/mol. The molecule has 3 rings (SSSR count). The summed E-state index contributed by atoms with van der Waals surface area (Å²) in [5.74, 6) is -0.480. The van der Waals surface area contributed by atoms with Crippen molar-refractivity contribution in [2.45, 2.75) is 51.5 Å². The second-order valence-electron chi connectivity index (χ2n) is 6.56. The summed E-state index contributed by atoms with van der Waals surface area (Å²) in [6.07, 6.45) is 1.25. The largest absolute Gasteiger partial charge is 0.373 e. The van der Waals surface area contributed by atoms with Crippen molar-refractivity contribution in [2.24, 2.45) is 0 Å². The average Bonchev–Trinajstić information content (AvgIpc) is 3.30. The minimum absolute atomic E-state index is 0.0430. The van der Waals surface area contributed by atoms with E-state index < -0.39 is 16.0 Å². The third kappa shape index (κ3) is 3.75. The maximum atomic E-state index is 14.1. The number of morpholine rings is 1. The van der Waals surface area contributed by atoms with E-state index >= 15 is 0 Å². The third-order valence-corrected chi connectivity index (χ3v) is 6.66. The second-order valence-corrected chi connectivity index (χ2v) is 8.85. The zero-order chi connectivity index (χ0) is 17.5. The highest BCUT2D eigenvalue weighted by Crippen LogP contribution is 2.34. The van der Waals surface area contributed by atoms with Crippen molar-refractivity contribution in [1.29, 1.82) is 0 Å². The first kappa shape index (κ1) is 18.1. The minimum atomic E-state index is -3.70. The van der Waals surface area contributed by atoms with Crippen molar-refractivity contribution in [3.05, 3.63) is 34.6 Å². The lowest BCUT2D eigenvalue weighted by Gasteiger charge is -2.37. The lowest BCUT2D eigenvalue weighted by molar-refractivity contribution is -0.0456. The van der Waals surface area contributed by atoms with Gasteiger partial charge in [-0.1, -0.05) is 17.7 Å². The van der Waals surface area contributed by atoms with Gasteiger partial charge in [0.25, 0.3) is 10.2 Å². The topological polar surface area (TPSA) is 49.9 Å². The Hall–Kier alpha value is -0.730. The molecule has 0 radical (unpaired) electrons. The highest BCUT2D eigenvalue weighted by atomic mass is 35.5. The number of benzene rings is 1. The van der Waals surface area contributed by atoms with E-state index in [4.69, 9.17) is 16.3 Å². The molecule has 2 fully saturated rings. The Bertz CT molecular complexity index is 681. The molecular formula is C16H22ClFN2O3S. The summed E-state index contributed by atoms with van der Waals surface area (Å²) in [5.41, 5.74) is 0.226. The first-order valence-corrected chi connectivity index (χ1v) is 9.91. The Balaban J connectivity index is 1.87. The second kappa shape index (κ2) is 6.88. The Morgan fingerprint density at radius 3 is 2.46 bits per heavy atom. The highest BCUT2D eigenvalue weighted by molar-refractivity contribution is 7.86. The SMILES string of the molecule is C[C@@H]1CN(S(=O)(=O)N(Cc2c(F)cccc2Cl)C2CC2)C[C@H](C)O1. The predicted molar refractivity (Wildman–Crippen MR) is 90.5 cm³/mol. The molecule has 2 aliphatic rings. The molecule has 1 saturated heterocycles. The fourth-order valence-electron chi connectivity index (χ4n) is 3.07. The van der Waals surface area contributed by atoms with Crippen LogP contribution in [-0.2, 0) is 21.5 Å². The summed E-state index contributed by atoms with van der Waals surface area (Å²) in [7, 11) is -3.70. The van der Waals surface area contributed by atoms with Gasteiger partial charge >= 0.3 is 0 Å². The number of hydrogen-bond donors (Lipinski definition) is 0. The number of hydrogen-bond acceptors (Lipinski definition) is 3. The van der Waals surface area contributed by atoms with E-state index in [1.54, 1.807) is 6.07 Å². The van der Waals surface area contributed by atoms with Gasteiger partial charge in [0, 0.05) is 36.3 Å². The van der Waals surface area contributed by atoms with Gasteiger partial charge in [-0.15, -0.1) is 0 Å². The van der Waals surface area contributed by atoms with Gasteiger partial charge in [-0.05, 0) is 38.8 Å². The molecule has 134 valence electrons. The van der Waals surface area contributed by atoms with Crippen LogP contribution >= 0.6 is 11.6 Å². The average molecular weight is 377 g/mol. The van der Waals surface area contributed by atoms with E-state index in [0.717, 1.165) is 12.8 Å². The molecule has 2 atom stereocenters. The third-order valence-electron chi connectivity index (χ3n) is 4.34. The molecule has 1 saturated carbocycles. The highest BCUT2D eigenvalue weighted by Gasteiger charge is 2.43. The predicted octanol–water partition coefficient (Wildman–Crippen LogP) is 2.80. The Morgan fingerprint density at radius 1 is 1.29 bits per heavy atom. The van der Waals surface area contributed by atoms with Crippen LogP contribution in [-0.4, -0.2) is 48.4 Å². The fraction of sp³-hybridized carbons (Fsp3) is 0.625. The van der Waals surface area contributed by atoms with E-state index in [1.165, 1.54) is 20.7 Å². The van der Waals surface area contributed by atoms with Gasteiger partial charge in [0.05, 0.1) is 12.2 Å². The van der Waals surface area contributed by atoms with Crippen molar-refractivity contribution in [1.82, 2.24) is 8.61 Å². The van der Waals surface area contributed by atoms with Crippen molar-refractivity contribution in [3.63, 3.8) is 0 Å². The van der Waals surface area contributed by atoms with Gasteiger partial charge < -0.3 is 4.74 Å². The zero-order valence-electron chi connectivity index (χ0n) is 13.8. The van der Waals surface area contributed by atoms with E-state index in [-0.39, 0.29) is 35.4 Å². The zero-order valence-corrected chi connectivity index (χ0v) is 15.4. The van der Waals surface area contributed by atoms with Crippen molar-refractivity contribution in [3.8, 4) is 0 Å². The van der Waals surface area contributed by atoms with Crippen LogP contribution in [0.15, 0.2) is 18.2 Å². The normalized spacial score (nSPS) is 26.0. The van der Waals surface area contributed by atoms with Crippen LogP contribution in [0.25, 0.3) is 0 Å². The lowest BCUT2D eigenvalue weighted by Crippen LogP contribution is -2.53. The molecule has 24 heavy (non-hydrogen) atoms. The minimum Gasteiger partial charge on any atom is -0.373 e. The Labute approximate surface area is 147 Å². The smallest absolute Gasteiger partial charge is 0.282 e. The molecule has 0 aromatic heterocycles. The van der Waals surface area contributed by atoms with Crippen molar-refractivity contribution >= 4 is 21.8 Å². The van der Waals surface area contributed by atoms with Crippen LogP contribution in [0, 0.1) is 5.82 Å². The van der Waals surface area contributed by atoms with Crippen molar-refractivity contribution in [2.75, 3.05) is 13.1 Å². The maximum Gasteiger partial charge on any atom is 0.282 e. The summed E-state index contributed by atoms with van der Waals surface area (Å²) in [4.78, 5) is 0. The van der Waals surface area contributed by atoms with Gasteiger partial charge in [-0.3, -0.25) is 0 Å². The Morgan fingerprint density at radius 2 is 1.92 bits per heavy atom. The molecule has 1 aliphatic heterocycles. The van der Waals surface area contributed by atoms with Crippen LogP contribution in [0.4, 0.5) is 4.39 Å². The molecule has 0 amide bonds. The summed E-state index contributed by atoms with van der Waals surface area (Å²) >= 11 is 6.09. The van der Waals surface area contributed by atoms with Gasteiger partial charge in [-0.2, -0.15) is 17.0 Å². The number of ether oxygens (including phenoxy) is 1. The van der Waals surface area contributed by atoms with E-state index in [0.29, 0.717) is 13.1 Å². The molecule has 1 aromatic rings. The van der Waals surface area contributed by atoms with Gasteiger partial charge in [0.2, 0.25) is 0 Å². The summed E-state index contributed by atoms with van der Waals surface area (Å²) in [5, 5.41) is 0.250. The molecule has 5 nitrogen and oxygen atoms in total. The Kier molecular flexibility index (Phi) is 5.18. The van der Waals surface area contributed by atoms with Crippen LogP contribution in [0.1, 0.15) is 32.3 Å². The van der Waals surface area contributed by atoms with E-state index in [2.05, 4.69) is 0 Å². The lowest BCUT2D eigenvalue weighted by atomic mass is 10.2. The van der Waals surface area contributed by atoms with E-state index in [1.807, 2.05) is 13.8 Å². The van der Waals surface area contributed by atoms with Gasteiger partial charge in [0.15, 0.2) is 0 Å². The monoisotopic (exact) mass is 376 g/mol. The number of nitrogens with zero attached hydrogens (tertiary/aromatic N) is 2. The summed E-state index contributed by atoms with van der Waals surface area (Å²) in [6, 6.07) is 4.32. The van der Waals surface area contributed by atoms with Gasteiger partial charge in [0.1, 0.15) is 5.82 Å². The first-order chi connectivity index (χ1) is 11.3. The fourth-order valence-corrected chi connectivity index (χ4v) is 5.26. The molecule has 0 spiro atoms. The molecule has 1 aliphatic carbocycles. The van der Waals surface area contributed by atoms with Crippen LogP contribution in [0.3, 0.4) is 0 Å². The molecule has 0 N–H and O–H groups in total. The molecule has 0 bridgehead atoms. The quantitative estimate of drug-likeness (QED) is 0.794.